The summed E-state index contributed by atoms with van der Waals surface area (Å²) in [4.78, 5) is 11.4. The van der Waals surface area contributed by atoms with Crippen molar-refractivity contribution >= 4 is 5.97 Å². The fourth-order valence-electron chi connectivity index (χ4n) is 5.04. The van der Waals surface area contributed by atoms with Crippen LogP contribution in [0.2, 0.25) is 0 Å². The second kappa shape index (κ2) is 10.8. The molecule has 0 aliphatic heterocycles. The summed E-state index contributed by atoms with van der Waals surface area (Å²) in [7, 11) is 1.68. The van der Waals surface area contributed by atoms with Gasteiger partial charge in [-0.05, 0) is 76.6 Å². The molecule has 3 aromatic rings. The molecule has 1 fully saturated rings. The summed E-state index contributed by atoms with van der Waals surface area (Å²) in [6.07, 6.45) is 2.05. The predicted octanol–water partition coefficient (Wildman–Crippen LogP) is 7.77. The molecule has 1 aliphatic rings. The molecule has 0 spiro atoms. The van der Waals surface area contributed by atoms with Gasteiger partial charge in [0.1, 0.15) is 18.2 Å². The molecule has 36 heavy (non-hydrogen) atoms. The minimum Gasteiger partial charge on any atom is -0.489 e. The summed E-state index contributed by atoms with van der Waals surface area (Å²) in [6, 6.07) is 20.5. The molecular formula is C31H35FO4. The Hall–Kier alpha value is -3.18. The number of carboxylic acid groups (broad SMARTS) is 1. The summed E-state index contributed by atoms with van der Waals surface area (Å²) in [5, 5.41) is 9.35. The summed E-state index contributed by atoms with van der Waals surface area (Å²) >= 11 is 0. The molecule has 0 bridgehead atoms. The molecule has 1 saturated carbocycles. The first-order valence-electron chi connectivity index (χ1n) is 12.5. The zero-order chi connectivity index (χ0) is 25.9. The highest BCUT2D eigenvalue weighted by Crippen LogP contribution is 2.45. The normalized spacial score (nSPS) is 15.4. The van der Waals surface area contributed by atoms with Gasteiger partial charge in [0.2, 0.25) is 0 Å². The van der Waals surface area contributed by atoms with E-state index in [2.05, 4.69) is 20.8 Å². The molecule has 3 aromatic carbocycles. The number of hydrogen-bond donors (Lipinski definition) is 1. The van der Waals surface area contributed by atoms with E-state index in [9.17, 15) is 14.3 Å². The Bertz CT molecular complexity index is 1210. The fourth-order valence-corrected chi connectivity index (χ4v) is 5.04. The minimum absolute atomic E-state index is 0.0203. The first-order chi connectivity index (χ1) is 17.2. The van der Waals surface area contributed by atoms with E-state index >= 15 is 0 Å². The number of rotatable bonds is 10. The number of ether oxygens (including phenoxy) is 2. The lowest BCUT2D eigenvalue weighted by Crippen LogP contribution is -2.21. The first-order valence-corrected chi connectivity index (χ1v) is 12.5. The molecule has 4 nitrogen and oxygen atoms in total. The number of benzene rings is 3. The monoisotopic (exact) mass is 490 g/mol. The zero-order valence-corrected chi connectivity index (χ0v) is 21.5. The van der Waals surface area contributed by atoms with Crippen molar-refractivity contribution in [2.45, 2.75) is 58.7 Å². The van der Waals surface area contributed by atoms with Crippen molar-refractivity contribution in [2.24, 2.45) is 11.3 Å². The third kappa shape index (κ3) is 6.14. The van der Waals surface area contributed by atoms with Gasteiger partial charge in [0.25, 0.3) is 0 Å². The van der Waals surface area contributed by atoms with Gasteiger partial charge in [-0.3, -0.25) is 4.79 Å². The van der Waals surface area contributed by atoms with Crippen LogP contribution in [0.25, 0.3) is 11.1 Å². The SMILES string of the molecule is CO[C@H](c1cc(COc2cccc([C@@H](CC(=O)O)C3CC3)c2)ccc1-c1ccccc1F)C(C)(C)C. The van der Waals surface area contributed by atoms with Crippen LogP contribution in [0.15, 0.2) is 66.7 Å². The van der Waals surface area contributed by atoms with E-state index in [1.54, 1.807) is 19.2 Å². The molecule has 0 amide bonds. The van der Waals surface area contributed by atoms with E-state index in [-0.39, 0.29) is 29.7 Å². The molecule has 0 unspecified atom stereocenters. The van der Waals surface area contributed by atoms with Gasteiger partial charge in [0.05, 0.1) is 12.5 Å². The van der Waals surface area contributed by atoms with Crippen LogP contribution >= 0.6 is 0 Å². The quantitative estimate of drug-likeness (QED) is 0.315. The van der Waals surface area contributed by atoms with Gasteiger partial charge in [-0.2, -0.15) is 0 Å². The van der Waals surface area contributed by atoms with Crippen LogP contribution in [-0.4, -0.2) is 18.2 Å². The highest BCUT2D eigenvalue weighted by Gasteiger charge is 2.34. The van der Waals surface area contributed by atoms with Crippen molar-refractivity contribution in [1.29, 1.82) is 0 Å². The molecule has 1 aliphatic carbocycles. The number of hydrogen-bond acceptors (Lipinski definition) is 3. The predicted molar refractivity (Wildman–Crippen MR) is 140 cm³/mol. The Morgan fingerprint density at radius 1 is 1.03 bits per heavy atom. The summed E-state index contributed by atoms with van der Waals surface area (Å²) in [5.74, 6) is 0.129. The molecule has 0 radical (unpaired) electrons. The maximum atomic E-state index is 14.7. The van der Waals surface area contributed by atoms with Gasteiger partial charge >= 0.3 is 5.97 Å². The van der Waals surface area contributed by atoms with Gasteiger partial charge in [-0.25, -0.2) is 4.39 Å². The van der Waals surface area contributed by atoms with Crippen LogP contribution in [0.3, 0.4) is 0 Å². The molecule has 0 aromatic heterocycles. The third-order valence-corrected chi connectivity index (χ3v) is 6.86. The molecule has 1 N–H and O–H groups in total. The van der Waals surface area contributed by atoms with Gasteiger partial charge in [-0.1, -0.05) is 63.2 Å². The molecule has 2 atom stereocenters. The lowest BCUT2D eigenvalue weighted by Gasteiger charge is -2.32. The van der Waals surface area contributed by atoms with E-state index in [1.807, 2.05) is 48.5 Å². The number of aliphatic carboxylic acids is 1. The Morgan fingerprint density at radius 2 is 1.78 bits per heavy atom. The lowest BCUT2D eigenvalue weighted by molar-refractivity contribution is -0.137. The average molecular weight is 491 g/mol. The van der Waals surface area contributed by atoms with Crippen molar-refractivity contribution in [3.63, 3.8) is 0 Å². The number of carboxylic acids is 1. The van der Waals surface area contributed by atoms with Crippen LogP contribution in [0.4, 0.5) is 4.39 Å². The smallest absolute Gasteiger partial charge is 0.303 e. The van der Waals surface area contributed by atoms with Crippen LogP contribution < -0.4 is 4.74 Å². The zero-order valence-electron chi connectivity index (χ0n) is 21.5. The number of halogens is 1. The maximum Gasteiger partial charge on any atom is 0.303 e. The Kier molecular flexibility index (Phi) is 7.79. The molecule has 0 saturated heterocycles. The van der Waals surface area contributed by atoms with Gasteiger partial charge < -0.3 is 14.6 Å². The fraction of sp³-hybridized carbons (Fsp3) is 0.387. The van der Waals surface area contributed by atoms with Crippen LogP contribution in [-0.2, 0) is 16.1 Å². The summed E-state index contributed by atoms with van der Waals surface area (Å²) in [6.45, 7) is 6.65. The Balaban J connectivity index is 1.61. The van der Waals surface area contributed by atoms with E-state index in [0.717, 1.165) is 35.1 Å². The second-order valence-corrected chi connectivity index (χ2v) is 10.8. The first kappa shape index (κ1) is 25.9. The number of methoxy groups -OCH3 is 1. The van der Waals surface area contributed by atoms with E-state index < -0.39 is 5.97 Å². The topological polar surface area (TPSA) is 55.8 Å². The lowest BCUT2D eigenvalue weighted by atomic mass is 9.81. The highest BCUT2D eigenvalue weighted by atomic mass is 19.1. The minimum atomic E-state index is -0.771. The second-order valence-electron chi connectivity index (χ2n) is 10.8. The summed E-state index contributed by atoms with van der Waals surface area (Å²) in [5.41, 5.74) is 4.03. The van der Waals surface area contributed by atoms with Crippen molar-refractivity contribution < 1.29 is 23.8 Å². The molecular weight excluding hydrogens is 455 g/mol. The standard InChI is InChI=1S/C31H35FO4/c1-31(2,3)30(35-4)27-16-20(12-15-24(27)25-10-5-6-11-28(25)32)19-36-23-9-7-8-22(17-23)26(18-29(33)34)21-13-14-21/h5-12,15-17,21,26,30H,13-14,18-19H2,1-4H3,(H,33,34)/t26-,30+/m0/s1. The van der Waals surface area contributed by atoms with E-state index in [1.165, 1.54) is 6.07 Å². The molecule has 190 valence electrons. The van der Waals surface area contributed by atoms with Crippen LogP contribution in [0.5, 0.6) is 5.75 Å². The molecule has 4 rings (SSSR count). The van der Waals surface area contributed by atoms with Gasteiger partial charge in [0, 0.05) is 12.7 Å². The van der Waals surface area contributed by atoms with Crippen molar-refractivity contribution in [2.75, 3.05) is 7.11 Å². The Labute approximate surface area is 213 Å². The number of carbonyl (C=O) groups is 1. The van der Waals surface area contributed by atoms with E-state index in [4.69, 9.17) is 9.47 Å². The highest BCUT2D eigenvalue weighted by molar-refractivity contribution is 5.69. The van der Waals surface area contributed by atoms with Crippen LogP contribution in [0, 0.1) is 17.2 Å². The van der Waals surface area contributed by atoms with Gasteiger partial charge in [-0.15, -0.1) is 0 Å². The molecule has 5 heteroatoms. The maximum absolute atomic E-state index is 14.7. The van der Waals surface area contributed by atoms with Crippen molar-refractivity contribution in [3.05, 3.63) is 89.2 Å². The molecule has 0 heterocycles. The van der Waals surface area contributed by atoms with E-state index in [0.29, 0.717) is 23.8 Å². The van der Waals surface area contributed by atoms with Gasteiger partial charge in [0.15, 0.2) is 0 Å². The third-order valence-electron chi connectivity index (χ3n) is 6.86. The van der Waals surface area contributed by atoms with Crippen molar-refractivity contribution in [3.8, 4) is 16.9 Å². The Morgan fingerprint density at radius 3 is 2.42 bits per heavy atom. The average Bonchev–Trinajstić information content (AvgIpc) is 3.67. The van der Waals surface area contributed by atoms with Crippen LogP contribution in [0.1, 0.15) is 68.7 Å². The summed E-state index contributed by atoms with van der Waals surface area (Å²) < 4.78 is 26.8. The van der Waals surface area contributed by atoms with Crippen molar-refractivity contribution in [1.82, 2.24) is 0 Å². The largest absolute Gasteiger partial charge is 0.489 e.